The number of thioether (sulfide) groups is 1. The van der Waals surface area contributed by atoms with Crippen molar-refractivity contribution in [1.29, 1.82) is 0 Å². The number of halogens is 2. The molecule has 0 amide bonds. The molecule has 1 fully saturated rings. The predicted octanol–water partition coefficient (Wildman–Crippen LogP) is 3.92. The van der Waals surface area contributed by atoms with Crippen molar-refractivity contribution in [2.45, 2.75) is 32.3 Å². The first-order valence-corrected chi connectivity index (χ1v) is 7.62. The average molecular weight is 289 g/mol. The van der Waals surface area contributed by atoms with E-state index in [4.69, 9.17) is 11.6 Å². The maximum absolute atomic E-state index is 13.8. The molecule has 1 aliphatic rings. The first-order valence-electron chi connectivity index (χ1n) is 6.09. The molecule has 2 rings (SSSR count). The molecule has 1 saturated heterocycles. The summed E-state index contributed by atoms with van der Waals surface area (Å²) in [5, 5.41) is 11.3. The van der Waals surface area contributed by atoms with E-state index in [2.05, 4.69) is 0 Å². The first-order chi connectivity index (χ1) is 8.36. The summed E-state index contributed by atoms with van der Waals surface area (Å²) < 4.78 is 13.8. The van der Waals surface area contributed by atoms with Gasteiger partial charge in [0, 0.05) is 22.8 Å². The normalized spacial score (nSPS) is 27.2. The largest absolute Gasteiger partial charge is 0.388 e. The summed E-state index contributed by atoms with van der Waals surface area (Å²) in [6.45, 7) is 4.09. The maximum Gasteiger partial charge on any atom is 0.127 e. The number of hydrogen-bond donors (Lipinski definition) is 1. The number of benzene rings is 1. The molecule has 0 radical (unpaired) electrons. The highest BCUT2D eigenvalue weighted by molar-refractivity contribution is 7.99. The Balaban J connectivity index is 2.32. The molecule has 1 aromatic carbocycles. The van der Waals surface area contributed by atoms with E-state index in [1.807, 2.05) is 13.8 Å². The van der Waals surface area contributed by atoms with Crippen molar-refractivity contribution >= 4 is 23.4 Å². The minimum atomic E-state index is -0.901. The maximum atomic E-state index is 13.8. The summed E-state index contributed by atoms with van der Waals surface area (Å²) in [6, 6.07) is 4.66. The molecule has 1 aromatic rings. The number of aliphatic hydroxyl groups is 1. The first kappa shape index (κ1) is 14.2. The molecule has 1 nitrogen and oxygen atoms in total. The van der Waals surface area contributed by atoms with Gasteiger partial charge in [-0.2, -0.15) is 11.8 Å². The van der Waals surface area contributed by atoms with Crippen LogP contribution in [0, 0.1) is 11.2 Å². The monoisotopic (exact) mass is 288 g/mol. The van der Waals surface area contributed by atoms with Gasteiger partial charge in [0.2, 0.25) is 0 Å². The fraction of sp³-hybridized carbons (Fsp3) is 0.571. The summed E-state index contributed by atoms with van der Waals surface area (Å²) >= 11 is 7.77. The summed E-state index contributed by atoms with van der Waals surface area (Å²) in [5.41, 5.74) is -0.691. The van der Waals surface area contributed by atoms with Crippen LogP contribution >= 0.6 is 23.4 Å². The van der Waals surface area contributed by atoms with Crippen LogP contribution in [0.25, 0.3) is 0 Å². The van der Waals surface area contributed by atoms with Gasteiger partial charge in [-0.05, 0) is 29.7 Å². The van der Waals surface area contributed by atoms with Gasteiger partial charge in [0.25, 0.3) is 0 Å². The third-order valence-corrected chi connectivity index (χ3v) is 5.53. The summed E-state index contributed by atoms with van der Waals surface area (Å²) in [5.74, 6) is 1.34. The van der Waals surface area contributed by atoms with Crippen molar-refractivity contribution in [3.63, 3.8) is 0 Å². The van der Waals surface area contributed by atoms with Crippen molar-refractivity contribution in [2.24, 2.45) is 5.41 Å². The van der Waals surface area contributed by atoms with Gasteiger partial charge < -0.3 is 5.11 Å². The zero-order valence-corrected chi connectivity index (χ0v) is 12.2. The number of rotatable bonds is 2. The van der Waals surface area contributed by atoms with Gasteiger partial charge in [0.1, 0.15) is 5.82 Å². The van der Waals surface area contributed by atoms with Crippen molar-refractivity contribution in [1.82, 2.24) is 0 Å². The van der Waals surface area contributed by atoms with Crippen LogP contribution in [0.1, 0.15) is 25.8 Å². The van der Waals surface area contributed by atoms with Crippen LogP contribution < -0.4 is 0 Å². The lowest BCUT2D eigenvalue weighted by molar-refractivity contribution is -0.0518. The van der Waals surface area contributed by atoms with Crippen molar-refractivity contribution in [3.8, 4) is 0 Å². The molecule has 18 heavy (non-hydrogen) atoms. The second-order valence-corrected chi connectivity index (χ2v) is 7.11. The van der Waals surface area contributed by atoms with Gasteiger partial charge >= 0.3 is 0 Å². The van der Waals surface area contributed by atoms with E-state index in [1.165, 1.54) is 6.07 Å². The van der Waals surface area contributed by atoms with Gasteiger partial charge in [0.15, 0.2) is 0 Å². The van der Waals surface area contributed by atoms with Crippen LogP contribution in [0.2, 0.25) is 5.02 Å². The van der Waals surface area contributed by atoms with E-state index in [0.717, 1.165) is 12.2 Å². The molecule has 0 aromatic heterocycles. The second kappa shape index (κ2) is 5.03. The van der Waals surface area contributed by atoms with Gasteiger partial charge in [-0.15, -0.1) is 0 Å². The Bertz CT molecular complexity index is 429. The topological polar surface area (TPSA) is 20.2 Å². The molecule has 100 valence electrons. The SMILES string of the molecule is CC1(C)CCSCC1(O)Cc1c(F)cccc1Cl. The van der Waals surface area contributed by atoms with Crippen LogP contribution in [0.4, 0.5) is 4.39 Å². The van der Waals surface area contributed by atoms with Crippen molar-refractivity contribution in [3.05, 3.63) is 34.6 Å². The fourth-order valence-electron chi connectivity index (χ4n) is 2.28. The van der Waals surface area contributed by atoms with Gasteiger partial charge in [-0.3, -0.25) is 0 Å². The summed E-state index contributed by atoms with van der Waals surface area (Å²) in [4.78, 5) is 0. The van der Waals surface area contributed by atoms with Crippen LogP contribution in [0.5, 0.6) is 0 Å². The third-order valence-electron chi connectivity index (χ3n) is 4.00. The molecule has 0 aliphatic carbocycles. The van der Waals surface area contributed by atoms with Crippen LogP contribution in [-0.2, 0) is 6.42 Å². The lowest BCUT2D eigenvalue weighted by atomic mass is 9.70. The standard InChI is InChI=1S/C14H18ClFOS/c1-13(2)6-7-18-9-14(13,17)8-10-11(15)4-3-5-12(10)16/h3-5,17H,6-9H2,1-2H3. The lowest BCUT2D eigenvalue weighted by Gasteiger charge is -2.46. The quantitative estimate of drug-likeness (QED) is 0.890. The van der Waals surface area contributed by atoms with Gasteiger partial charge in [-0.1, -0.05) is 31.5 Å². The second-order valence-electron chi connectivity index (χ2n) is 5.60. The fourth-order valence-corrected chi connectivity index (χ4v) is 4.14. The average Bonchev–Trinajstić information content (AvgIpc) is 2.28. The molecule has 1 aliphatic heterocycles. The lowest BCUT2D eigenvalue weighted by Crippen LogP contribution is -2.51. The van der Waals surface area contributed by atoms with Gasteiger partial charge in [0.05, 0.1) is 5.60 Å². The van der Waals surface area contributed by atoms with Crippen molar-refractivity contribution in [2.75, 3.05) is 11.5 Å². The molecule has 1 atom stereocenters. The zero-order valence-electron chi connectivity index (χ0n) is 10.7. The van der Waals surface area contributed by atoms with Crippen LogP contribution in [0.3, 0.4) is 0 Å². The Morgan fingerprint density at radius 2 is 2.17 bits per heavy atom. The van der Waals surface area contributed by atoms with E-state index in [9.17, 15) is 9.50 Å². The Kier molecular flexibility index (Phi) is 3.96. The van der Waals surface area contributed by atoms with E-state index in [1.54, 1.807) is 23.9 Å². The molecule has 0 bridgehead atoms. The van der Waals surface area contributed by atoms with E-state index in [0.29, 0.717) is 16.3 Å². The molecule has 0 saturated carbocycles. The van der Waals surface area contributed by atoms with Crippen LogP contribution in [-0.4, -0.2) is 22.2 Å². The van der Waals surface area contributed by atoms with E-state index >= 15 is 0 Å². The Hall–Kier alpha value is -0.250. The number of hydrogen-bond acceptors (Lipinski definition) is 2. The Labute approximate surface area is 117 Å². The smallest absolute Gasteiger partial charge is 0.127 e. The zero-order chi connectivity index (χ0) is 13.4. The van der Waals surface area contributed by atoms with E-state index < -0.39 is 5.60 Å². The molecule has 1 heterocycles. The Morgan fingerprint density at radius 3 is 2.78 bits per heavy atom. The molecule has 1 N–H and O–H groups in total. The highest BCUT2D eigenvalue weighted by Crippen LogP contribution is 2.44. The third kappa shape index (κ3) is 2.54. The molecular weight excluding hydrogens is 271 g/mol. The molecule has 1 unspecified atom stereocenters. The highest BCUT2D eigenvalue weighted by Gasteiger charge is 2.46. The predicted molar refractivity (Wildman–Crippen MR) is 75.8 cm³/mol. The van der Waals surface area contributed by atoms with Crippen molar-refractivity contribution < 1.29 is 9.50 Å². The minimum Gasteiger partial charge on any atom is -0.388 e. The Morgan fingerprint density at radius 1 is 1.44 bits per heavy atom. The van der Waals surface area contributed by atoms with Crippen LogP contribution in [0.15, 0.2) is 18.2 Å². The van der Waals surface area contributed by atoms with E-state index in [-0.39, 0.29) is 17.7 Å². The molecule has 0 spiro atoms. The summed E-state index contributed by atoms with van der Waals surface area (Å²) in [7, 11) is 0. The molecule has 4 heteroatoms. The highest BCUT2D eigenvalue weighted by atomic mass is 35.5. The minimum absolute atomic E-state index is 0.218. The van der Waals surface area contributed by atoms with Gasteiger partial charge in [-0.25, -0.2) is 4.39 Å². The molecular formula is C14H18ClFOS. The summed E-state index contributed by atoms with van der Waals surface area (Å²) in [6.07, 6.45) is 1.21.